The van der Waals surface area contributed by atoms with Crippen molar-refractivity contribution in [2.75, 3.05) is 12.3 Å². The van der Waals surface area contributed by atoms with Crippen LogP contribution in [0.25, 0.3) is 22.5 Å². The van der Waals surface area contributed by atoms with E-state index in [0.29, 0.717) is 22.0 Å². The van der Waals surface area contributed by atoms with Crippen LogP contribution in [0.15, 0.2) is 64.2 Å². The first kappa shape index (κ1) is 24.6. The third-order valence-corrected chi connectivity index (χ3v) is 6.14. The predicted octanol–water partition coefficient (Wildman–Crippen LogP) is 3.59. The van der Waals surface area contributed by atoms with Gasteiger partial charge in [0.1, 0.15) is 28.7 Å². The molecule has 0 saturated heterocycles. The number of rotatable bonds is 5. The molecule has 0 spiro atoms. The lowest BCUT2D eigenvalue weighted by Crippen LogP contribution is -2.32. The summed E-state index contributed by atoms with van der Waals surface area (Å²) in [6, 6.07) is 17.0. The Bertz CT molecular complexity index is 1640. The number of pyridine rings is 1. The first-order valence-corrected chi connectivity index (χ1v) is 11.4. The van der Waals surface area contributed by atoms with E-state index in [1.54, 1.807) is 74.1 Å². The zero-order valence-electron chi connectivity index (χ0n) is 19.8. The van der Waals surface area contributed by atoms with Gasteiger partial charge < -0.3 is 10.5 Å². The van der Waals surface area contributed by atoms with Gasteiger partial charge in [0, 0.05) is 17.6 Å². The highest BCUT2D eigenvalue weighted by Gasteiger charge is 2.30. The summed E-state index contributed by atoms with van der Waals surface area (Å²) in [6.45, 7) is 3.30. The number of nitrogens with two attached hydrogens (primary N) is 1. The molecule has 36 heavy (non-hydrogen) atoms. The van der Waals surface area contributed by atoms with Gasteiger partial charge >= 0.3 is 5.97 Å². The largest absolute Gasteiger partial charge is 0.462 e. The number of anilines is 1. The molecular formula is C26H22ClN5O4. The minimum Gasteiger partial charge on any atom is -0.462 e. The van der Waals surface area contributed by atoms with E-state index in [2.05, 4.69) is 0 Å². The van der Waals surface area contributed by atoms with Gasteiger partial charge in [-0.05, 0) is 43.7 Å². The molecule has 182 valence electrons. The van der Waals surface area contributed by atoms with E-state index in [-0.39, 0.29) is 34.8 Å². The topological polar surface area (TPSA) is 125 Å². The van der Waals surface area contributed by atoms with Gasteiger partial charge in [-0.25, -0.2) is 9.48 Å². The molecule has 0 unspecified atom stereocenters. The second-order valence-electron chi connectivity index (χ2n) is 7.90. The molecule has 0 aliphatic rings. The molecule has 0 saturated carbocycles. The van der Waals surface area contributed by atoms with Gasteiger partial charge in [-0.1, -0.05) is 41.9 Å². The number of hydrogen-bond donors (Lipinski definition) is 1. The summed E-state index contributed by atoms with van der Waals surface area (Å²) in [5.41, 5.74) is 5.79. The standard InChI is InChI=1S/C26H22ClN5O4/c1-4-36-26(35)21-20(16-10-12-17(27)13-11-16)19(14-28)24(33)31(23(21)29)22-15(2)30(3)32(25(22)34)18-8-6-5-7-9-18/h5-13H,4,29H2,1-3H3. The molecule has 9 nitrogen and oxygen atoms in total. The first-order chi connectivity index (χ1) is 17.2. The van der Waals surface area contributed by atoms with Crippen LogP contribution in [0.4, 0.5) is 5.82 Å². The van der Waals surface area contributed by atoms with E-state index in [9.17, 15) is 19.6 Å². The summed E-state index contributed by atoms with van der Waals surface area (Å²) in [5.74, 6) is -1.14. The maximum absolute atomic E-state index is 13.7. The Morgan fingerprint density at radius 2 is 1.72 bits per heavy atom. The van der Waals surface area contributed by atoms with E-state index in [0.717, 1.165) is 4.57 Å². The van der Waals surface area contributed by atoms with Crippen LogP contribution in [0.5, 0.6) is 0 Å². The Morgan fingerprint density at radius 3 is 2.31 bits per heavy atom. The molecule has 4 aromatic rings. The molecule has 10 heteroatoms. The molecule has 0 aliphatic heterocycles. The van der Waals surface area contributed by atoms with Crippen molar-refractivity contribution < 1.29 is 9.53 Å². The molecule has 2 aromatic heterocycles. The Balaban J connectivity index is 2.15. The smallest absolute Gasteiger partial charge is 0.342 e. The van der Waals surface area contributed by atoms with Crippen LogP contribution in [0.3, 0.4) is 0 Å². The number of nitrogen functional groups attached to an aromatic ring is 1. The van der Waals surface area contributed by atoms with Crippen LogP contribution in [-0.4, -0.2) is 26.5 Å². The van der Waals surface area contributed by atoms with Crippen molar-refractivity contribution in [3.8, 4) is 28.6 Å². The number of carbonyl (C=O) groups is 1. The van der Waals surface area contributed by atoms with Crippen molar-refractivity contribution in [1.82, 2.24) is 13.9 Å². The maximum Gasteiger partial charge on any atom is 0.342 e. The Morgan fingerprint density at radius 1 is 1.08 bits per heavy atom. The summed E-state index contributed by atoms with van der Waals surface area (Å²) in [5, 5.41) is 10.4. The molecule has 0 fully saturated rings. The summed E-state index contributed by atoms with van der Waals surface area (Å²) in [4.78, 5) is 40.4. The number of para-hydroxylation sites is 1. The lowest BCUT2D eigenvalue weighted by molar-refractivity contribution is 0.0528. The van der Waals surface area contributed by atoms with Gasteiger partial charge in [-0.3, -0.25) is 18.8 Å². The molecule has 0 amide bonds. The molecule has 2 heterocycles. The van der Waals surface area contributed by atoms with Crippen molar-refractivity contribution in [2.24, 2.45) is 7.05 Å². The highest BCUT2D eigenvalue weighted by Crippen LogP contribution is 2.32. The number of hydrogen-bond acceptors (Lipinski definition) is 6. The second-order valence-corrected chi connectivity index (χ2v) is 8.34. The average molecular weight is 504 g/mol. The van der Waals surface area contributed by atoms with Gasteiger partial charge in [0.15, 0.2) is 0 Å². The molecule has 0 atom stereocenters. The number of esters is 1. The Labute approximate surface area is 211 Å². The van der Waals surface area contributed by atoms with Crippen molar-refractivity contribution in [2.45, 2.75) is 13.8 Å². The minimum atomic E-state index is -0.834. The predicted molar refractivity (Wildman–Crippen MR) is 137 cm³/mol. The molecule has 2 aromatic carbocycles. The third kappa shape index (κ3) is 3.87. The van der Waals surface area contributed by atoms with Crippen molar-refractivity contribution in [1.29, 1.82) is 5.26 Å². The highest BCUT2D eigenvalue weighted by atomic mass is 35.5. The molecular weight excluding hydrogens is 482 g/mol. The number of carbonyl (C=O) groups excluding carboxylic acids is 1. The monoisotopic (exact) mass is 503 g/mol. The van der Waals surface area contributed by atoms with Crippen LogP contribution in [-0.2, 0) is 11.8 Å². The number of benzene rings is 2. The van der Waals surface area contributed by atoms with Gasteiger partial charge in [-0.2, -0.15) is 5.26 Å². The van der Waals surface area contributed by atoms with Crippen LogP contribution in [0, 0.1) is 18.3 Å². The maximum atomic E-state index is 13.7. The second kappa shape index (κ2) is 9.60. The zero-order chi connectivity index (χ0) is 26.1. The van der Waals surface area contributed by atoms with Crippen molar-refractivity contribution >= 4 is 23.4 Å². The van der Waals surface area contributed by atoms with Crippen LogP contribution >= 0.6 is 11.6 Å². The van der Waals surface area contributed by atoms with E-state index >= 15 is 0 Å². The Kier molecular flexibility index (Phi) is 6.55. The fraction of sp³-hybridized carbons (Fsp3) is 0.154. The van der Waals surface area contributed by atoms with Crippen molar-refractivity contribution in [3.05, 3.63) is 97.1 Å². The lowest BCUT2D eigenvalue weighted by Gasteiger charge is -2.18. The molecule has 0 radical (unpaired) electrons. The van der Waals surface area contributed by atoms with Gasteiger partial charge in [0.05, 0.1) is 18.0 Å². The lowest BCUT2D eigenvalue weighted by atomic mass is 9.95. The zero-order valence-corrected chi connectivity index (χ0v) is 20.5. The minimum absolute atomic E-state index is 0.0170. The fourth-order valence-corrected chi connectivity index (χ4v) is 4.27. The molecule has 4 rings (SSSR count). The SMILES string of the molecule is CCOC(=O)c1c(-c2ccc(Cl)cc2)c(C#N)c(=O)n(-c2c(C)n(C)n(-c3ccccc3)c2=O)c1N. The number of halogens is 1. The first-order valence-electron chi connectivity index (χ1n) is 11.0. The van der Waals surface area contributed by atoms with E-state index in [1.165, 1.54) is 4.68 Å². The molecule has 0 aliphatic carbocycles. The van der Waals surface area contributed by atoms with Crippen LogP contribution in [0.1, 0.15) is 28.5 Å². The number of aromatic nitrogens is 3. The molecule has 2 N–H and O–H groups in total. The van der Waals surface area contributed by atoms with Gasteiger partial charge in [0.25, 0.3) is 11.1 Å². The summed E-state index contributed by atoms with van der Waals surface area (Å²) in [6.07, 6.45) is 0. The fourth-order valence-electron chi connectivity index (χ4n) is 4.15. The van der Waals surface area contributed by atoms with Crippen LogP contribution in [0.2, 0.25) is 5.02 Å². The summed E-state index contributed by atoms with van der Waals surface area (Å²) in [7, 11) is 1.66. The van der Waals surface area contributed by atoms with E-state index in [1.807, 2.05) is 12.1 Å². The van der Waals surface area contributed by atoms with Crippen molar-refractivity contribution in [3.63, 3.8) is 0 Å². The number of nitrogens with zero attached hydrogens (tertiary/aromatic N) is 4. The number of nitriles is 1. The highest BCUT2D eigenvalue weighted by molar-refractivity contribution is 6.30. The van der Waals surface area contributed by atoms with Gasteiger partial charge in [-0.15, -0.1) is 0 Å². The quantitative estimate of drug-likeness (QED) is 0.415. The van der Waals surface area contributed by atoms with Crippen LogP contribution < -0.4 is 16.9 Å². The van der Waals surface area contributed by atoms with Gasteiger partial charge in [0.2, 0.25) is 0 Å². The summed E-state index contributed by atoms with van der Waals surface area (Å²) < 4.78 is 9.09. The molecule has 0 bridgehead atoms. The number of ether oxygens (including phenoxy) is 1. The Hall–Kier alpha value is -4.55. The van der Waals surface area contributed by atoms with E-state index in [4.69, 9.17) is 22.1 Å². The average Bonchev–Trinajstić information content (AvgIpc) is 3.08. The normalized spacial score (nSPS) is 10.8. The van der Waals surface area contributed by atoms with E-state index < -0.39 is 17.1 Å². The third-order valence-electron chi connectivity index (χ3n) is 5.89. The summed E-state index contributed by atoms with van der Waals surface area (Å²) >= 11 is 6.01.